The molecular weight excluding hydrogens is 370 g/mol. The second-order valence-corrected chi connectivity index (χ2v) is 8.11. The number of hydrogen-bond donors (Lipinski definition) is 4. The van der Waals surface area contributed by atoms with Gasteiger partial charge in [0.05, 0.1) is 6.42 Å². The topological polar surface area (TPSA) is 108 Å². The van der Waals surface area contributed by atoms with Gasteiger partial charge < -0.3 is 20.7 Å². The summed E-state index contributed by atoms with van der Waals surface area (Å²) in [5, 5.41) is 16.5. The molecule has 2 aliphatic rings. The lowest BCUT2D eigenvalue weighted by molar-refractivity contribution is -0.121. The van der Waals surface area contributed by atoms with Crippen molar-refractivity contribution < 1.29 is 14.3 Å². The third-order valence-electron chi connectivity index (χ3n) is 5.41. The maximum atomic E-state index is 11.8. The summed E-state index contributed by atoms with van der Waals surface area (Å²) in [7, 11) is 0. The maximum absolute atomic E-state index is 11.8. The van der Waals surface area contributed by atoms with Crippen LogP contribution in [0.2, 0.25) is 0 Å². The summed E-state index contributed by atoms with van der Waals surface area (Å²) in [4.78, 5) is 23.3. The standard InChI is InChI=1S/C21H27N5O3/c1-12(2)23-21(28)29-17-6-4-14(8-17)18-10-19(26-25-18)24-16-5-3-13-9-20(27)22-11-15(13)7-16/h3,5,7,10,12,14,17H,4,6,8-9,11H2,1-2H3,(H,22,27)(H,23,28)(H2,24,25,26)/t14-,17+/m0/s1. The van der Waals surface area contributed by atoms with E-state index in [1.54, 1.807) is 0 Å². The van der Waals surface area contributed by atoms with Crippen LogP contribution < -0.4 is 16.0 Å². The molecule has 1 aromatic carbocycles. The zero-order valence-corrected chi connectivity index (χ0v) is 16.7. The fourth-order valence-electron chi connectivity index (χ4n) is 3.98. The third kappa shape index (κ3) is 4.70. The first-order valence-electron chi connectivity index (χ1n) is 10.1. The molecule has 8 nitrogen and oxygen atoms in total. The fourth-order valence-corrected chi connectivity index (χ4v) is 3.98. The number of fused-ring (bicyclic) bond motifs is 1. The quantitative estimate of drug-likeness (QED) is 0.620. The second kappa shape index (κ2) is 8.14. The molecule has 154 valence electrons. The summed E-state index contributed by atoms with van der Waals surface area (Å²) < 4.78 is 5.51. The summed E-state index contributed by atoms with van der Waals surface area (Å²) >= 11 is 0. The number of hydrogen-bond acceptors (Lipinski definition) is 5. The Labute approximate surface area is 169 Å². The van der Waals surface area contributed by atoms with E-state index >= 15 is 0 Å². The average molecular weight is 397 g/mol. The van der Waals surface area contributed by atoms with Gasteiger partial charge >= 0.3 is 6.09 Å². The number of nitrogens with one attached hydrogen (secondary N) is 4. The molecule has 8 heteroatoms. The highest BCUT2D eigenvalue weighted by Gasteiger charge is 2.30. The number of carbonyl (C=O) groups excluding carboxylic acids is 2. The van der Waals surface area contributed by atoms with Crippen molar-refractivity contribution in [1.82, 2.24) is 20.8 Å². The van der Waals surface area contributed by atoms with E-state index in [4.69, 9.17) is 4.74 Å². The minimum Gasteiger partial charge on any atom is -0.446 e. The number of rotatable bonds is 5. The summed E-state index contributed by atoms with van der Waals surface area (Å²) in [6.45, 7) is 4.39. The predicted octanol–water partition coefficient (Wildman–Crippen LogP) is 3.10. The summed E-state index contributed by atoms with van der Waals surface area (Å²) in [5.41, 5.74) is 4.19. The molecule has 4 rings (SSSR count). The van der Waals surface area contributed by atoms with Gasteiger partial charge in [-0.05, 0) is 56.4 Å². The second-order valence-electron chi connectivity index (χ2n) is 8.11. The highest BCUT2D eigenvalue weighted by Crippen LogP contribution is 2.36. The van der Waals surface area contributed by atoms with Gasteiger partial charge in [0, 0.05) is 36.0 Å². The summed E-state index contributed by atoms with van der Waals surface area (Å²) in [6.07, 6.45) is 2.64. The first-order chi connectivity index (χ1) is 14.0. The number of ether oxygens (including phenoxy) is 1. The lowest BCUT2D eigenvalue weighted by atomic mass is 10.00. The fraction of sp³-hybridized carbons (Fsp3) is 0.476. The van der Waals surface area contributed by atoms with Crippen LogP contribution in [0.1, 0.15) is 55.8 Å². The predicted molar refractivity (Wildman–Crippen MR) is 109 cm³/mol. The van der Waals surface area contributed by atoms with Gasteiger partial charge in [0.1, 0.15) is 6.10 Å². The highest BCUT2D eigenvalue weighted by molar-refractivity contribution is 5.81. The molecule has 1 aliphatic heterocycles. The molecule has 1 aromatic heterocycles. The van der Waals surface area contributed by atoms with E-state index in [1.807, 2.05) is 32.0 Å². The van der Waals surface area contributed by atoms with Crippen LogP contribution in [0.25, 0.3) is 0 Å². The Hall–Kier alpha value is -3.03. The number of aromatic amines is 1. The molecule has 29 heavy (non-hydrogen) atoms. The molecule has 1 fully saturated rings. The van der Waals surface area contributed by atoms with Gasteiger partial charge in [-0.2, -0.15) is 5.10 Å². The normalized spacial score (nSPS) is 20.9. The molecule has 2 atom stereocenters. The first kappa shape index (κ1) is 19.3. The molecule has 2 heterocycles. The zero-order valence-electron chi connectivity index (χ0n) is 16.7. The van der Waals surface area contributed by atoms with Crippen LogP contribution in [0.4, 0.5) is 16.3 Å². The first-order valence-corrected chi connectivity index (χ1v) is 10.1. The van der Waals surface area contributed by atoms with Gasteiger partial charge in [0.2, 0.25) is 5.91 Å². The van der Waals surface area contributed by atoms with Crippen LogP contribution in [0.3, 0.4) is 0 Å². The Bertz CT molecular complexity index is 907. The minimum atomic E-state index is -0.346. The Kier molecular flexibility index (Phi) is 5.42. The number of alkyl carbamates (subject to hydrolysis) is 1. The van der Waals surface area contributed by atoms with Crippen molar-refractivity contribution in [2.45, 2.75) is 64.1 Å². The lowest BCUT2D eigenvalue weighted by Crippen LogP contribution is -2.33. The Morgan fingerprint density at radius 3 is 2.93 bits per heavy atom. The minimum absolute atomic E-state index is 0.0608. The molecule has 1 aliphatic carbocycles. The van der Waals surface area contributed by atoms with Crippen molar-refractivity contribution in [2.75, 3.05) is 5.32 Å². The Morgan fingerprint density at radius 2 is 2.10 bits per heavy atom. The molecule has 0 spiro atoms. The van der Waals surface area contributed by atoms with E-state index in [9.17, 15) is 9.59 Å². The van der Waals surface area contributed by atoms with E-state index in [2.05, 4.69) is 32.2 Å². The highest BCUT2D eigenvalue weighted by atomic mass is 16.6. The SMILES string of the molecule is CC(C)NC(=O)O[C@@H]1CC[C@H](c2cc(Nc3ccc4c(c3)CNC(=O)C4)n[nH]2)C1. The van der Waals surface area contributed by atoms with E-state index in [0.29, 0.717) is 18.9 Å². The number of anilines is 2. The van der Waals surface area contributed by atoms with Crippen LogP contribution in [0.5, 0.6) is 0 Å². The number of carbonyl (C=O) groups is 2. The van der Waals surface area contributed by atoms with Gasteiger partial charge in [-0.25, -0.2) is 4.79 Å². The van der Waals surface area contributed by atoms with Crippen molar-refractivity contribution in [3.8, 4) is 0 Å². The maximum Gasteiger partial charge on any atom is 0.407 e. The number of H-pyrrole nitrogens is 1. The summed E-state index contributed by atoms with van der Waals surface area (Å²) in [6, 6.07) is 8.10. The van der Waals surface area contributed by atoms with Gasteiger partial charge in [0.15, 0.2) is 5.82 Å². The van der Waals surface area contributed by atoms with Crippen molar-refractivity contribution in [3.63, 3.8) is 0 Å². The van der Waals surface area contributed by atoms with Crippen molar-refractivity contribution >= 4 is 23.5 Å². The van der Waals surface area contributed by atoms with Crippen molar-refractivity contribution in [3.05, 3.63) is 41.1 Å². The number of amides is 2. The van der Waals surface area contributed by atoms with Gasteiger partial charge in [-0.15, -0.1) is 0 Å². The number of aromatic nitrogens is 2. The molecule has 0 bridgehead atoms. The molecule has 0 saturated heterocycles. The lowest BCUT2D eigenvalue weighted by Gasteiger charge is -2.17. The molecular formula is C21H27N5O3. The number of benzene rings is 1. The molecule has 0 radical (unpaired) electrons. The summed E-state index contributed by atoms with van der Waals surface area (Å²) in [5.74, 6) is 1.12. The van der Waals surface area contributed by atoms with E-state index in [1.165, 1.54) is 0 Å². The van der Waals surface area contributed by atoms with Gasteiger partial charge in [0.25, 0.3) is 0 Å². The van der Waals surface area contributed by atoms with Crippen molar-refractivity contribution in [2.24, 2.45) is 0 Å². The molecule has 2 aromatic rings. The third-order valence-corrected chi connectivity index (χ3v) is 5.41. The smallest absolute Gasteiger partial charge is 0.407 e. The monoisotopic (exact) mass is 397 g/mol. The average Bonchev–Trinajstić information content (AvgIpc) is 3.30. The van der Waals surface area contributed by atoms with E-state index in [-0.39, 0.29) is 24.1 Å². The number of nitrogens with zero attached hydrogens (tertiary/aromatic N) is 1. The molecule has 0 unspecified atom stereocenters. The van der Waals surface area contributed by atoms with Crippen molar-refractivity contribution in [1.29, 1.82) is 0 Å². The largest absolute Gasteiger partial charge is 0.446 e. The van der Waals surface area contributed by atoms with Crippen LogP contribution in [-0.2, 0) is 22.5 Å². The molecule has 2 amide bonds. The van der Waals surface area contributed by atoms with Gasteiger partial charge in [-0.3, -0.25) is 9.89 Å². The Morgan fingerprint density at radius 1 is 1.24 bits per heavy atom. The van der Waals surface area contributed by atoms with Crippen LogP contribution in [0.15, 0.2) is 24.3 Å². The van der Waals surface area contributed by atoms with Gasteiger partial charge in [-0.1, -0.05) is 6.07 Å². The van der Waals surface area contributed by atoms with E-state index < -0.39 is 0 Å². The Balaban J connectivity index is 1.34. The molecule has 1 saturated carbocycles. The van der Waals surface area contributed by atoms with Crippen LogP contribution in [0, 0.1) is 0 Å². The van der Waals surface area contributed by atoms with Crippen LogP contribution in [-0.4, -0.2) is 34.3 Å². The molecule has 4 N–H and O–H groups in total. The van der Waals surface area contributed by atoms with E-state index in [0.717, 1.165) is 47.6 Å². The van der Waals surface area contributed by atoms with Crippen LogP contribution >= 0.6 is 0 Å². The zero-order chi connectivity index (χ0) is 20.4.